The molecule has 0 amide bonds. The van der Waals surface area contributed by atoms with Crippen LogP contribution >= 0.6 is 0 Å². The molecule has 0 aliphatic carbocycles. The normalized spacial score (nSPS) is 19.7. The Hall–Kier alpha value is -1.62. The van der Waals surface area contributed by atoms with Gasteiger partial charge in [0.15, 0.2) is 0 Å². The van der Waals surface area contributed by atoms with Crippen molar-refractivity contribution in [3.63, 3.8) is 0 Å². The van der Waals surface area contributed by atoms with Crippen LogP contribution in [0.5, 0.6) is 0 Å². The maximum absolute atomic E-state index is 10.7. The maximum Gasteiger partial charge on any atom is 0.225 e. The summed E-state index contributed by atoms with van der Waals surface area (Å²) in [5.74, 6) is 0. The van der Waals surface area contributed by atoms with E-state index >= 15 is 0 Å². The Morgan fingerprint density at radius 3 is 2.93 bits per heavy atom. The smallest absolute Gasteiger partial charge is 0.225 e. The van der Waals surface area contributed by atoms with Crippen molar-refractivity contribution in [1.29, 1.82) is 0 Å². The summed E-state index contributed by atoms with van der Waals surface area (Å²) >= 11 is 0. The minimum atomic E-state index is -0.244. The average molecular weight is 208 g/mol. The van der Waals surface area contributed by atoms with E-state index < -0.39 is 0 Å². The zero-order valence-electron chi connectivity index (χ0n) is 8.20. The third-order valence-corrected chi connectivity index (χ3v) is 2.06. The molecule has 0 fully saturated rings. The van der Waals surface area contributed by atoms with Crippen LogP contribution in [0.2, 0.25) is 0 Å². The van der Waals surface area contributed by atoms with Gasteiger partial charge < -0.3 is 14.8 Å². The fourth-order valence-electron chi connectivity index (χ4n) is 1.33. The number of rotatable bonds is 4. The van der Waals surface area contributed by atoms with Crippen LogP contribution in [0.1, 0.15) is 5.56 Å². The zero-order chi connectivity index (χ0) is 10.5. The number of ether oxygens (including phenoxy) is 1. The van der Waals surface area contributed by atoms with E-state index in [9.17, 15) is 5.21 Å². The highest BCUT2D eigenvalue weighted by Crippen LogP contribution is 2.06. The van der Waals surface area contributed by atoms with Gasteiger partial charge in [0, 0.05) is 0 Å². The molecular formula is C10H12N2O3. The van der Waals surface area contributed by atoms with E-state index in [2.05, 4.69) is 5.28 Å². The summed E-state index contributed by atoms with van der Waals surface area (Å²) < 4.78 is 5.40. The van der Waals surface area contributed by atoms with Gasteiger partial charge in [0.25, 0.3) is 0 Å². The lowest BCUT2D eigenvalue weighted by molar-refractivity contribution is -0.524. The highest BCUT2D eigenvalue weighted by molar-refractivity contribution is 5.13. The largest absolute Gasteiger partial charge is 0.597 e. The first-order valence-corrected chi connectivity index (χ1v) is 4.78. The fourth-order valence-corrected chi connectivity index (χ4v) is 1.33. The van der Waals surface area contributed by atoms with Gasteiger partial charge in [-0.1, -0.05) is 35.2 Å². The summed E-state index contributed by atoms with van der Waals surface area (Å²) in [5.41, 5.74) is 1.10. The molecule has 0 saturated carbocycles. The molecule has 5 nitrogen and oxygen atoms in total. The minimum absolute atomic E-state index is 0.244. The summed E-state index contributed by atoms with van der Waals surface area (Å²) in [6, 6.07) is 9.84. The van der Waals surface area contributed by atoms with Gasteiger partial charge in [0.05, 0.1) is 13.2 Å². The van der Waals surface area contributed by atoms with E-state index in [1.54, 1.807) is 0 Å². The highest BCUT2D eigenvalue weighted by atomic mass is 16.7. The number of nitrogens with zero attached hydrogens (tertiary/aromatic N) is 2. The molecule has 1 aliphatic rings. The molecule has 2 rings (SSSR count). The van der Waals surface area contributed by atoms with Crippen molar-refractivity contribution < 1.29 is 14.4 Å². The topological polar surface area (TPSA) is 56.9 Å². The molecule has 0 N–H and O–H groups in total. The molecule has 1 atom stereocenters. The summed E-state index contributed by atoms with van der Waals surface area (Å²) in [6.45, 7) is 1.16. The summed E-state index contributed by atoms with van der Waals surface area (Å²) in [6.07, 6.45) is -0.244. The molecule has 1 aromatic carbocycles. The van der Waals surface area contributed by atoms with Gasteiger partial charge >= 0.3 is 0 Å². The average Bonchev–Trinajstić information content (AvgIpc) is 2.66. The highest BCUT2D eigenvalue weighted by Gasteiger charge is 2.23. The van der Waals surface area contributed by atoms with Crippen LogP contribution in [0.3, 0.4) is 0 Å². The van der Waals surface area contributed by atoms with E-state index in [0.29, 0.717) is 18.1 Å². The quantitative estimate of drug-likeness (QED) is 0.556. The third-order valence-electron chi connectivity index (χ3n) is 2.06. The second-order valence-electron chi connectivity index (χ2n) is 3.34. The molecule has 0 aromatic heterocycles. The standard InChI is InChI=1S/C10H12N2O3/c13-12-6-10(15-11-12)8-14-7-9-4-2-1-3-5-9/h1-5,10H,6-8H2. The van der Waals surface area contributed by atoms with Gasteiger partial charge in [-0.05, 0) is 5.56 Å². The van der Waals surface area contributed by atoms with Gasteiger partial charge in [-0.15, -0.1) is 0 Å². The number of hydrogen-bond donors (Lipinski definition) is 0. The molecule has 1 aromatic rings. The first-order valence-electron chi connectivity index (χ1n) is 4.78. The maximum atomic E-state index is 10.7. The monoisotopic (exact) mass is 208 g/mol. The Morgan fingerprint density at radius 2 is 2.27 bits per heavy atom. The van der Waals surface area contributed by atoms with E-state index in [4.69, 9.17) is 9.57 Å². The number of benzene rings is 1. The predicted molar refractivity (Wildman–Crippen MR) is 51.9 cm³/mol. The Kier molecular flexibility index (Phi) is 3.14. The van der Waals surface area contributed by atoms with Crippen molar-refractivity contribution >= 4 is 0 Å². The van der Waals surface area contributed by atoms with E-state index in [-0.39, 0.29) is 12.6 Å². The Balaban J connectivity index is 1.68. The van der Waals surface area contributed by atoms with Crippen LogP contribution in [-0.2, 0) is 16.2 Å². The lowest BCUT2D eigenvalue weighted by atomic mass is 10.2. The molecule has 1 aliphatic heterocycles. The Bertz CT molecular complexity index is 340. The molecule has 5 heteroatoms. The summed E-state index contributed by atoms with van der Waals surface area (Å²) in [4.78, 5) is 5.34. The van der Waals surface area contributed by atoms with Crippen LogP contribution < -0.4 is 0 Å². The van der Waals surface area contributed by atoms with Gasteiger partial charge in [-0.2, -0.15) is 0 Å². The summed E-state index contributed by atoms with van der Waals surface area (Å²) in [7, 11) is 0. The number of hydrogen-bond acceptors (Lipinski definition) is 4. The molecule has 15 heavy (non-hydrogen) atoms. The van der Waals surface area contributed by atoms with Crippen LogP contribution in [-0.4, -0.2) is 24.1 Å². The van der Waals surface area contributed by atoms with E-state index in [1.807, 2.05) is 30.3 Å². The summed E-state index contributed by atoms with van der Waals surface area (Å²) in [5, 5.41) is 13.9. The SMILES string of the molecule is [O-][N+]1=NOC(COCc2ccccc2)C1. The second kappa shape index (κ2) is 4.75. The Labute approximate surface area is 87.5 Å². The molecule has 0 spiro atoms. The Morgan fingerprint density at radius 1 is 1.47 bits per heavy atom. The van der Waals surface area contributed by atoms with Crippen molar-refractivity contribution in [2.24, 2.45) is 5.28 Å². The van der Waals surface area contributed by atoms with Gasteiger partial charge in [0.1, 0.15) is 0 Å². The van der Waals surface area contributed by atoms with E-state index in [1.165, 1.54) is 0 Å². The third kappa shape index (κ3) is 2.92. The molecule has 1 unspecified atom stereocenters. The molecule has 1 heterocycles. The molecular weight excluding hydrogens is 196 g/mol. The first-order chi connectivity index (χ1) is 7.34. The lowest BCUT2D eigenvalue weighted by Gasteiger charge is -2.05. The van der Waals surface area contributed by atoms with Gasteiger partial charge in [-0.25, -0.2) is 0 Å². The van der Waals surface area contributed by atoms with Crippen molar-refractivity contribution in [2.45, 2.75) is 12.7 Å². The van der Waals surface area contributed by atoms with Crippen molar-refractivity contribution in [2.75, 3.05) is 13.2 Å². The number of hydroxylamine groups is 1. The second-order valence-corrected chi connectivity index (χ2v) is 3.34. The van der Waals surface area contributed by atoms with Crippen molar-refractivity contribution in [3.05, 3.63) is 41.1 Å². The lowest BCUT2D eigenvalue weighted by Crippen LogP contribution is -2.20. The molecule has 80 valence electrons. The fraction of sp³-hybridized carbons (Fsp3) is 0.400. The molecule has 0 radical (unpaired) electrons. The van der Waals surface area contributed by atoms with E-state index in [0.717, 1.165) is 5.56 Å². The van der Waals surface area contributed by atoms with Gasteiger partial charge in [-0.3, -0.25) is 0 Å². The minimum Gasteiger partial charge on any atom is -0.597 e. The predicted octanol–water partition coefficient (Wildman–Crippen LogP) is 1.48. The van der Waals surface area contributed by atoms with Crippen LogP contribution in [0.25, 0.3) is 0 Å². The van der Waals surface area contributed by atoms with Crippen LogP contribution in [0.4, 0.5) is 0 Å². The van der Waals surface area contributed by atoms with Gasteiger partial charge in [0.2, 0.25) is 17.9 Å². The van der Waals surface area contributed by atoms with Crippen LogP contribution in [0.15, 0.2) is 35.6 Å². The van der Waals surface area contributed by atoms with Crippen molar-refractivity contribution in [1.82, 2.24) is 0 Å². The first kappa shape index (κ1) is 9.92. The zero-order valence-corrected chi connectivity index (χ0v) is 8.20. The molecule has 0 saturated heterocycles. The van der Waals surface area contributed by atoms with Crippen LogP contribution in [0, 0.1) is 5.21 Å². The molecule has 0 bridgehead atoms. The van der Waals surface area contributed by atoms with Crippen molar-refractivity contribution in [3.8, 4) is 0 Å².